The molecule has 0 saturated heterocycles. The zero-order valence-corrected chi connectivity index (χ0v) is 8.20. The summed E-state index contributed by atoms with van der Waals surface area (Å²) in [5.74, 6) is 0. The first-order valence-corrected chi connectivity index (χ1v) is 4.16. The van der Waals surface area contributed by atoms with E-state index in [0.717, 1.165) is 22.5 Å². The van der Waals surface area contributed by atoms with Crippen LogP contribution in [0.3, 0.4) is 0 Å². The third-order valence-electron chi connectivity index (χ3n) is 1.90. The molecule has 1 N–H and O–H groups in total. The summed E-state index contributed by atoms with van der Waals surface area (Å²) in [5, 5.41) is 17.6. The van der Waals surface area contributed by atoms with Crippen LogP contribution in [-0.4, -0.2) is 15.3 Å². The molecule has 3 heteroatoms. The van der Waals surface area contributed by atoms with Crippen molar-refractivity contribution in [2.75, 3.05) is 0 Å². The fraction of sp³-hybridized carbons (Fsp3) is 0.400. The van der Waals surface area contributed by atoms with E-state index in [4.69, 9.17) is 0 Å². The van der Waals surface area contributed by atoms with Crippen LogP contribution in [0.25, 0.3) is 0 Å². The van der Waals surface area contributed by atoms with E-state index in [1.54, 1.807) is 6.92 Å². The molecule has 1 aromatic heterocycles. The number of nitrogens with zero attached hydrogens (tertiary/aromatic N) is 2. The average Bonchev–Trinajstić information content (AvgIpc) is 2.08. The van der Waals surface area contributed by atoms with Crippen molar-refractivity contribution < 1.29 is 5.11 Å². The Kier molecular flexibility index (Phi) is 2.78. The second-order valence-corrected chi connectivity index (χ2v) is 3.28. The monoisotopic (exact) mass is 178 g/mol. The van der Waals surface area contributed by atoms with Gasteiger partial charge in [0.05, 0.1) is 11.4 Å². The Morgan fingerprint density at radius 1 is 1.46 bits per heavy atom. The van der Waals surface area contributed by atoms with Gasteiger partial charge < -0.3 is 5.11 Å². The van der Waals surface area contributed by atoms with E-state index < -0.39 is 6.10 Å². The van der Waals surface area contributed by atoms with Gasteiger partial charge in [0, 0.05) is 5.56 Å². The van der Waals surface area contributed by atoms with Crippen LogP contribution < -0.4 is 0 Å². The molecule has 0 aliphatic heterocycles. The highest BCUT2D eigenvalue weighted by Crippen LogP contribution is 2.21. The Bertz CT molecular complexity index is 334. The van der Waals surface area contributed by atoms with Crippen molar-refractivity contribution in [2.45, 2.75) is 26.9 Å². The lowest BCUT2D eigenvalue weighted by Gasteiger charge is -2.12. The van der Waals surface area contributed by atoms with Crippen molar-refractivity contribution in [1.82, 2.24) is 10.2 Å². The molecule has 3 nitrogen and oxygen atoms in total. The Labute approximate surface area is 78.1 Å². The molecule has 0 fully saturated rings. The van der Waals surface area contributed by atoms with Crippen molar-refractivity contribution in [1.29, 1.82) is 0 Å². The quantitative estimate of drug-likeness (QED) is 0.701. The van der Waals surface area contributed by atoms with Crippen molar-refractivity contribution in [3.63, 3.8) is 0 Å². The topological polar surface area (TPSA) is 46.0 Å². The van der Waals surface area contributed by atoms with Gasteiger partial charge in [-0.05, 0) is 32.4 Å². The normalized spacial score (nSPS) is 12.6. The van der Waals surface area contributed by atoms with E-state index in [9.17, 15) is 5.11 Å². The molecule has 0 radical (unpaired) electrons. The molecule has 0 aromatic carbocycles. The minimum Gasteiger partial charge on any atom is -0.384 e. The maximum absolute atomic E-state index is 9.74. The maximum Gasteiger partial charge on any atom is 0.101 e. The molecule has 1 heterocycles. The molecule has 1 aromatic rings. The summed E-state index contributed by atoms with van der Waals surface area (Å²) in [6.07, 6.45) is -0.630. The fourth-order valence-corrected chi connectivity index (χ4v) is 1.11. The molecule has 0 spiro atoms. The molecule has 13 heavy (non-hydrogen) atoms. The minimum atomic E-state index is -0.630. The summed E-state index contributed by atoms with van der Waals surface area (Å²) in [5.41, 5.74) is 3.07. The number of aliphatic hydroxyl groups is 1. The van der Waals surface area contributed by atoms with Crippen LogP contribution in [0.15, 0.2) is 18.2 Å². The molecule has 0 aliphatic carbocycles. The van der Waals surface area contributed by atoms with E-state index >= 15 is 0 Å². The molecular formula is C10H14N2O. The summed E-state index contributed by atoms with van der Waals surface area (Å²) >= 11 is 0. The SMILES string of the molecule is C=C(C)C(O)c1cc(C)nnc1C. The molecule has 0 bridgehead atoms. The molecule has 70 valence electrons. The van der Waals surface area contributed by atoms with Crippen molar-refractivity contribution >= 4 is 0 Å². The first-order valence-electron chi connectivity index (χ1n) is 4.16. The number of hydrogen-bond acceptors (Lipinski definition) is 3. The Balaban J connectivity index is 3.12. The predicted octanol–water partition coefficient (Wildman–Crippen LogP) is 1.70. The fourth-order valence-electron chi connectivity index (χ4n) is 1.11. The Morgan fingerprint density at radius 3 is 2.62 bits per heavy atom. The van der Waals surface area contributed by atoms with E-state index in [1.807, 2.05) is 19.9 Å². The molecule has 1 atom stereocenters. The summed E-state index contributed by atoms with van der Waals surface area (Å²) < 4.78 is 0. The largest absolute Gasteiger partial charge is 0.384 e. The van der Waals surface area contributed by atoms with E-state index in [2.05, 4.69) is 16.8 Å². The van der Waals surface area contributed by atoms with Crippen LogP contribution in [0.2, 0.25) is 0 Å². The maximum atomic E-state index is 9.74. The third-order valence-corrected chi connectivity index (χ3v) is 1.90. The highest BCUT2D eigenvalue weighted by molar-refractivity contribution is 5.27. The summed E-state index contributed by atoms with van der Waals surface area (Å²) in [4.78, 5) is 0. The van der Waals surface area contributed by atoms with Crippen LogP contribution in [0.1, 0.15) is 30.0 Å². The van der Waals surface area contributed by atoms with Crippen LogP contribution in [0, 0.1) is 13.8 Å². The Hall–Kier alpha value is -1.22. The minimum absolute atomic E-state index is 0.630. The zero-order chi connectivity index (χ0) is 10.0. The standard InChI is InChI=1S/C10H14N2O/c1-6(2)10(13)9-5-7(3)11-12-8(9)4/h5,10,13H,1H2,2-4H3. The van der Waals surface area contributed by atoms with E-state index in [0.29, 0.717) is 0 Å². The number of aliphatic hydroxyl groups excluding tert-OH is 1. The number of aromatic nitrogens is 2. The molecule has 0 aliphatic rings. The summed E-state index contributed by atoms with van der Waals surface area (Å²) in [6, 6.07) is 1.84. The molecule has 0 amide bonds. The number of rotatable bonds is 2. The van der Waals surface area contributed by atoms with Crippen LogP contribution >= 0.6 is 0 Å². The first kappa shape index (κ1) is 9.86. The first-order chi connectivity index (χ1) is 6.02. The zero-order valence-electron chi connectivity index (χ0n) is 8.20. The highest BCUT2D eigenvalue weighted by atomic mass is 16.3. The van der Waals surface area contributed by atoms with Gasteiger partial charge >= 0.3 is 0 Å². The van der Waals surface area contributed by atoms with Gasteiger partial charge in [0.1, 0.15) is 6.10 Å². The predicted molar refractivity (Wildman–Crippen MR) is 51.3 cm³/mol. The Morgan fingerprint density at radius 2 is 2.08 bits per heavy atom. The lowest BCUT2D eigenvalue weighted by atomic mass is 10.0. The molecular weight excluding hydrogens is 164 g/mol. The summed E-state index contributed by atoms with van der Waals surface area (Å²) in [6.45, 7) is 9.17. The summed E-state index contributed by atoms with van der Waals surface area (Å²) in [7, 11) is 0. The third kappa shape index (κ3) is 2.12. The van der Waals surface area contributed by atoms with Crippen LogP contribution in [0.4, 0.5) is 0 Å². The highest BCUT2D eigenvalue weighted by Gasteiger charge is 2.12. The van der Waals surface area contributed by atoms with Gasteiger partial charge in [-0.3, -0.25) is 0 Å². The van der Waals surface area contributed by atoms with Crippen molar-refractivity contribution in [3.05, 3.63) is 35.2 Å². The van der Waals surface area contributed by atoms with Gasteiger partial charge in [-0.2, -0.15) is 10.2 Å². The van der Waals surface area contributed by atoms with E-state index in [-0.39, 0.29) is 0 Å². The second kappa shape index (κ2) is 3.66. The van der Waals surface area contributed by atoms with Gasteiger partial charge in [0.25, 0.3) is 0 Å². The average molecular weight is 178 g/mol. The van der Waals surface area contributed by atoms with Gasteiger partial charge in [-0.25, -0.2) is 0 Å². The van der Waals surface area contributed by atoms with Crippen molar-refractivity contribution in [3.8, 4) is 0 Å². The van der Waals surface area contributed by atoms with Gasteiger partial charge in [-0.1, -0.05) is 6.58 Å². The lowest BCUT2D eigenvalue weighted by molar-refractivity contribution is 0.214. The van der Waals surface area contributed by atoms with Crippen LogP contribution in [-0.2, 0) is 0 Å². The number of aryl methyl sites for hydroxylation is 2. The molecule has 0 saturated carbocycles. The number of hydrogen-bond donors (Lipinski definition) is 1. The molecule has 1 unspecified atom stereocenters. The van der Waals surface area contributed by atoms with Crippen molar-refractivity contribution in [2.24, 2.45) is 0 Å². The van der Waals surface area contributed by atoms with E-state index in [1.165, 1.54) is 0 Å². The lowest BCUT2D eigenvalue weighted by Crippen LogP contribution is -2.04. The second-order valence-electron chi connectivity index (χ2n) is 3.28. The van der Waals surface area contributed by atoms with Gasteiger partial charge in [0.15, 0.2) is 0 Å². The molecule has 1 rings (SSSR count). The van der Waals surface area contributed by atoms with Gasteiger partial charge in [0.2, 0.25) is 0 Å². The van der Waals surface area contributed by atoms with Gasteiger partial charge in [-0.15, -0.1) is 0 Å². The smallest absolute Gasteiger partial charge is 0.101 e. The van der Waals surface area contributed by atoms with Crippen LogP contribution in [0.5, 0.6) is 0 Å².